The smallest absolute Gasteiger partial charge is 0.346 e. The van der Waals surface area contributed by atoms with Gasteiger partial charge in [0.2, 0.25) is 5.95 Å². The molecule has 2 aromatic rings. The van der Waals surface area contributed by atoms with Crippen LogP contribution in [-0.4, -0.2) is 68.3 Å². The Morgan fingerprint density at radius 3 is 2.39 bits per heavy atom. The van der Waals surface area contributed by atoms with Gasteiger partial charge in [-0.25, -0.2) is 14.3 Å². The fourth-order valence-corrected chi connectivity index (χ4v) is 6.27. The van der Waals surface area contributed by atoms with Crippen LogP contribution in [0.15, 0.2) is 11.1 Å². The van der Waals surface area contributed by atoms with Crippen molar-refractivity contribution in [1.82, 2.24) is 28.9 Å². The molecule has 0 amide bonds. The molecule has 0 spiro atoms. The quantitative estimate of drug-likeness (QED) is 0.482. The number of nitrogens with zero attached hydrogens (tertiary/aromatic N) is 5. The first-order chi connectivity index (χ1) is 13.6. The summed E-state index contributed by atoms with van der Waals surface area (Å²) in [6.45, 7) is 3.91. The van der Waals surface area contributed by atoms with Crippen LogP contribution in [0.2, 0.25) is 0 Å². The normalized spacial score (nSPS) is 19.1. The largest absolute Gasteiger partial charge is 0.369 e. The molecule has 0 aromatic carbocycles. The van der Waals surface area contributed by atoms with E-state index in [0.29, 0.717) is 5.65 Å². The first-order valence-electron chi connectivity index (χ1n) is 9.62. The summed E-state index contributed by atoms with van der Waals surface area (Å²) in [5.41, 5.74) is 5.77. The molecular formula is C16H26N7O4P. The van der Waals surface area contributed by atoms with Crippen LogP contribution in [0, 0.1) is 0 Å². The highest BCUT2D eigenvalue weighted by Crippen LogP contribution is 2.56. The van der Waals surface area contributed by atoms with Gasteiger partial charge in [-0.05, 0) is 25.7 Å². The summed E-state index contributed by atoms with van der Waals surface area (Å²) in [4.78, 5) is 22.3. The number of nitrogens with one attached hydrogen (secondary N) is 1. The zero-order valence-electron chi connectivity index (χ0n) is 15.7. The van der Waals surface area contributed by atoms with Gasteiger partial charge in [-0.1, -0.05) is 0 Å². The van der Waals surface area contributed by atoms with Gasteiger partial charge in [0.1, 0.15) is 6.73 Å². The third-order valence-corrected chi connectivity index (χ3v) is 7.84. The number of anilines is 1. The minimum absolute atomic E-state index is 0.0275. The number of aromatic amines is 1. The van der Waals surface area contributed by atoms with Gasteiger partial charge in [-0.3, -0.25) is 18.9 Å². The molecule has 0 unspecified atom stereocenters. The second-order valence-electron chi connectivity index (χ2n) is 7.02. The van der Waals surface area contributed by atoms with Crippen molar-refractivity contribution in [3.8, 4) is 0 Å². The number of imidazole rings is 1. The third kappa shape index (κ3) is 3.85. The number of aromatic nitrogens is 4. The summed E-state index contributed by atoms with van der Waals surface area (Å²) in [6.07, 6.45) is 5.70. The Labute approximate surface area is 162 Å². The number of hydrogen-bond donors (Lipinski definition) is 2. The lowest BCUT2D eigenvalue weighted by Crippen LogP contribution is -2.30. The Morgan fingerprint density at radius 1 is 1.11 bits per heavy atom. The second-order valence-corrected chi connectivity index (χ2v) is 9.39. The van der Waals surface area contributed by atoms with Gasteiger partial charge in [-0.2, -0.15) is 4.98 Å². The molecule has 154 valence electrons. The van der Waals surface area contributed by atoms with Crippen molar-refractivity contribution in [2.45, 2.75) is 32.4 Å². The van der Waals surface area contributed by atoms with Gasteiger partial charge < -0.3 is 15.0 Å². The van der Waals surface area contributed by atoms with Crippen LogP contribution in [0.1, 0.15) is 25.7 Å². The zero-order valence-corrected chi connectivity index (χ0v) is 16.6. The Morgan fingerprint density at radius 2 is 1.75 bits per heavy atom. The molecule has 2 fully saturated rings. The molecule has 4 rings (SSSR count). The number of ether oxygens (including phenoxy) is 1. The Hall–Kier alpha value is -1.78. The molecule has 2 aliphatic heterocycles. The molecule has 2 aromatic heterocycles. The van der Waals surface area contributed by atoms with E-state index in [0.717, 1.165) is 51.9 Å². The molecule has 12 heteroatoms. The summed E-state index contributed by atoms with van der Waals surface area (Å²) >= 11 is 0. The second kappa shape index (κ2) is 8.30. The van der Waals surface area contributed by atoms with E-state index in [-0.39, 0.29) is 37.0 Å². The average Bonchev–Trinajstić information content (AvgIpc) is 3.43. The molecule has 0 bridgehead atoms. The van der Waals surface area contributed by atoms with Crippen molar-refractivity contribution in [2.75, 3.05) is 45.1 Å². The highest BCUT2D eigenvalue weighted by molar-refractivity contribution is 7.54. The number of hydrogen-bond acceptors (Lipinski definition) is 7. The molecule has 11 nitrogen and oxygen atoms in total. The molecule has 0 radical (unpaired) electrons. The summed E-state index contributed by atoms with van der Waals surface area (Å²) in [7, 11) is -2.97. The Bertz CT molecular complexity index is 897. The van der Waals surface area contributed by atoms with Gasteiger partial charge >= 0.3 is 7.67 Å². The minimum atomic E-state index is -2.97. The topological polar surface area (TPSA) is 132 Å². The molecule has 2 aliphatic rings. The van der Waals surface area contributed by atoms with Gasteiger partial charge in [0.15, 0.2) is 11.2 Å². The van der Waals surface area contributed by atoms with Crippen molar-refractivity contribution in [3.05, 3.63) is 16.7 Å². The summed E-state index contributed by atoms with van der Waals surface area (Å²) in [5, 5.41) is 0. The lowest BCUT2D eigenvalue weighted by molar-refractivity contribution is 0.0511. The number of rotatable bonds is 8. The summed E-state index contributed by atoms with van der Waals surface area (Å²) < 4.78 is 30.7. The van der Waals surface area contributed by atoms with E-state index in [1.807, 2.05) is 9.34 Å². The van der Waals surface area contributed by atoms with Crippen molar-refractivity contribution in [3.63, 3.8) is 0 Å². The minimum Gasteiger partial charge on any atom is -0.369 e. The number of fused-ring (bicyclic) bond motifs is 1. The van der Waals surface area contributed by atoms with Gasteiger partial charge in [-0.15, -0.1) is 0 Å². The fraction of sp³-hybridized carbons (Fsp3) is 0.688. The van der Waals surface area contributed by atoms with Crippen LogP contribution in [0.25, 0.3) is 11.2 Å². The van der Waals surface area contributed by atoms with Crippen molar-refractivity contribution in [2.24, 2.45) is 0 Å². The Balaban J connectivity index is 1.33. The van der Waals surface area contributed by atoms with E-state index in [1.54, 1.807) is 4.57 Å². The van der Waals surface area contributed by atoms with E-state index >= 15 is 0 Å². The maximum Gasteiger partial charge on any atom is 0.346 e. The van der Waals surface area contributed by atoms with Gasteiger partial charge in [0, 0.05) is 26.2 Å². The van der Waals surface area contributed by atoms with Gasteiger partial charge in [0.05, 0.1) is 19.5 Å². The molecule has 0 atom stereocenters. The predicted molar refractivity (Wildman–Crippen MR) is 104 cm³/mol. The van der Waals surface area contributed by atoms with E-state index in [9.17, 15) is 9.36 Å². The molecule has 3 N–H and O–H groups in total. The summed E-state index contributed by atoms with van der Waals surface area (Å²) in [5.74, 6) is 0.0275. The maximum absolute atomic E-state index is 13.6. The maximum atomic E-state index is 13.6. The fourth-order valence-electron chi connectivity index (χ4n) is 3.69. The molecule has 28 heavy (non-hydrogen) atoms. The standard InChI is InChI=1S/C16H26N7O4P/c17-16-19-14-13(15(24)20-16)18-11-21(14)12-26-9-10-27-28(25,22-5-1-2-6-22)23-7-3-4-8-23/h11H,1-10,12H2,(H3,17,19,20,24). The monoisotopic (exact) mass is 411 g/mol. The van der Waals surface area contributed by atoms with Crippen LogP contribution in [0.5, 0.6) is 0 Å². The van der Waals surface area contributed by atoms with E-state index in [2.05, 4.69) is 15.0 Å². The highest BCUT2D eigenvalue weighted by atomic mass is 31.2. The number of H-pyrrole nitrogens is 1. The molecule has 4 heterocycles. The van der Waals surface area contributed by atoms with Gasteiger partial charge in [0.25, 0.3) is 5.56 Å². The van der Waals surface area contributed by atoms with Crippen LogP contribution in [0.3, 0.4) is 0 Å². The number of nitrogens with two attached hydrogens (primary N) is 1. The summed E-state index contributed by atoms with van der Waals surface area (Å²) in [6, 6.07) is 0. The lowest BCUT2D eigenvalue weighted by Gasteiger charge is -2.33. The highest BCUT2D eigenvalue weighted by Gasteiger charge is 2.41. The first-order valence-corrected chi connectivity index (χ1v) is 11.1. The molecule has 0 saturated carbocycles. The van der Waals surface area contributed by atoms with E-state index in [4.69, 9.17) is 15.0 Å². The van der Waals surface area contributed by atoms with E-state index in [1.165, 1.54) is 6.33 Å². The third-order valence-electron chi connectivity index (χ3n) is 5.09. The van der Waals surface area contributed by atoms with Crippen LogP contribution in [-0.2, 0) is 20.6 Å². The first kappa shape index (κ1) is 19.5. The van der Waals surface area contributed by atoms with Crippen molar-refractivity contribution < 1.29 is 13.8 Å². The Kier molecular flexibility index (Phi) is 5.79. The SMILES string of the molecule is Nc1nc2c(ncn2COCCOP(=O)(N2CCCC2)N2CCCC2)c(=O)[nH]1. The molecular weight excluding hydrogens is 385 g/mol. The van der Waals surface area contributed by atoms with Crippen LogP contribution in [0.4, 0.5) is 5.95 Å². The molecule has 2 saturated heterocycles. The van der Waals surface area contributed by atoms with Crippen LogP contribution < -0.4 is 11.3 Å². The average molecular weight is 411 g/mol. The van der Waals surface area contributed by atoms with Crippen LogP contribution >= 0.6 is 7.67 Å². The van der Waals surface area contributed by atoms with E-state index < -0.39 is 7.67 Å². The van der Waals surface area contributed by atoms with Crippen molar-refractivity contribution >= 4 is 24.8 Å². The number of nitrogen functional groups attached to an aromatic ring is 1. The zero-order chi connectivity index (χ0) is 19.6. The molecule has 0 aliphatic carbocycles. The lowest BCUT2D eigenvalue weighted by atomic mass is 10.4. The predicted octanol–water partition coefficient (Wildman–Crippen LogP) is 0.992. The van der Waals surface area contributed by atoms with Crippen molar-refractivity contribution in [1.29, 1.82) is 0 Å².